The number of aromatic nitrogens is 6. The second-order valence-corrected chi connectivity index (χ2v) is 14.8. The van der Waals surface area contributed by atoms with E-state index < -0.39 is 31.7 Å². The van der Waals surface area contributed by atoms with Crippen molar-refractivity contribution in [2.24, 2.45) is 0 Å². The van der Waals surface area contributed by atoms with E-state index in [1.807, 2.05) is 0 Å². The molecule has 280 valence electrons. The minimum absolute atomic E-state index is 0.0720. The first-order valence-electron chi connectivity index (χ1n) is 17.3. The molecule has 2 aromatic heterocycles. The van der Waals surface area contributed by atoms with E-state index in [-0.39, 0.29) is 25.0 Å². The molecule has 0 spiro atoms. The first-order valence-corrected chi connectivity index (χ1v) is 20.5. The fourth-order valence-corrected chi connectivity index (χ4v) is 5.23. The average Bonchev–Trinajstić information content (AvgIpc) is 3.02. The first-order chi connectivity index (χ1) is 23.5. The zero-order valence-corrected chi connectivity index (χ0v) is 30.5. The number of hydrogen-bond donors (Lipinski definition) is 8. The normalized spacial score (nSPS) is 11.7. The molecule has 0 unspecified atom stereocenters. The summed E-state index contributed by atoms with van der Waals surface area (Å²) in [5, 5.41) is 18.3. The monoisotopic (exact) mass is 732 g/mol. The van der Waals surface area contributed by atoms with E-state index in [4.69, 9.17) is 9.11 Å². The van der Waals surface area contributed by atoms with Gasteiger partial charge >= 0.3 is 0 Å². The number of anilines is 6. The van der Waals surface area contributed by atoms with Gasteiger partial charge in [0, 0.05) is 39.3 Å². The maximum atomic E-state index is 11.1. The fourth-order valence-electron chi connectivity index (χ4n) is 4.51. The third-order valence-corrected chi connectivity index (χ3v) is 8.54. The maximum absolute atomic E-state index is 11.1. The summed E-state index contributed by atoms with van der Waals surface area (Å²) in [6, 6.07) is 0. The van der Waals surface area contributed by atoms with Crippen molar-refractivity contribution in [3.05, 3.63) is 0 Å². The van der Waals surface area contributed by atoms with Gasteiger partial charge in [-0.15, -0.1) is 0 Å². The van der Waals surface area contributed by atoms with Crippen LogP contribution in [0, 0.1) is 0 Å². The van der Waals surface area contributed by atoms with Gasteiger partial charge in [-0.25, -0.2) is 0 Å². The molecule has 0 aliphatic carbocycles. The van der Waals surface area contributed by atoms with E-state index in [0.29, 0.717) is 56.4 Å². The molecule has 2 aromatic rings. The Kier molecular flexibility index (Phi) is 20.4. The van der Waals surface area contributed by atoms with E-state index >= 15 is 0 Å². The highest BCUT2D eigenvalue weighted by Crippen LogP contribution is 2.13. The predicted molar refractivity (Wildman–Crippen MR) is 195 cm³/mol. The van der Waals surface area contributed by atoms with Crippen LogP contribution in [0.1, 0.15) is 97.3 Å². The van der Waals surface area contributed by atoms with Crippen LogP contribution >= 0.6 is 0 Å². The molecule has 2 heterocycles. The number of rotatable bonds is 30. The zero-order valence-electron chi connectivity index (χ0n) is 28.9. The van der Waals surface area contributed by atoms with Crippen LogP contribution in [-0.2, 0) is 20.2 Å². The van der Waals surface area contributed by atoms with Crippen LogP contribution in [0.2, 0.25) is 0 Å². The highest BCUT2D eigenvalue weighted by Gasteiger charge is 2.11. The molecular formula is C29H56N12O6S2. The summed E-state index contributed by atoms with van der Waals surface area (Å²) in [6.45, 7) is 6.51. The van der Waals surface area contributed by atoms with Crippen molar-refractivity contribution in [1.29, 1.82) is 0 Å². The van der Waals surface area contributed by atoms with Crippen molar-refractivity contribution in [2.45, 2.75) is 97.3 Å². The largest absolute Gasteiger partial charge is 0.354 e. The van der Waals surface area contributed by atoms with Crippen molar-refractivity contribution >= 4 is 55.9 Å². The fraction of sp³-hybridized carbons (Fsp3) is 0.793. The predicted octanol–water partition coefficient (Wildman–Crippen LogP) is 4.11. The summed E-state index contributed by atoms with van der Waals surface area (Å²) in [7, 11) is -8.28. The van der Waals surface area contributed by atoms with Crippen LogP contribution in [0.3, 0.4) is 0 Å². The Hall–Kier alpha value is -3.36. The molecule has 20 heteroatoms. The lowest BCUT2D eigenvalue weighted by Gasteiger charge is -2.12. The third-order valence-electron chi connectivity index (χ3n) is 7.10. The highest BCUT2D eigenvalue weighted by molar-refractivity contribution is 7.86. The van der Waals surface area contributed by atoms with Gasteiger partial charge in [0.15, 0.2) is 0 Å². The summed E-state index contributed by atoms with van der Waals surface area (Å²) >= 11 is 0. The summed E-state index contributed by atoms with van der Waals surface area (Å²) in [4.78, 5) is 26.2. The van der Waals surface area contributed by atoms with Crippen molar-refractivity contribution in [3.8, 4) is 0 Å². The minimum Gasteiger partial charge on any atom is -0.354 e. The Bertz CT molecular complexity index is 1310. The van der Waals surface area contributed by atoms with E-state index in [0.717, 1.165) is 25.7 Å². The van der Waals surface area contributed by atoms with Crippen LogP contribution in [0.25, 0.3) is 0 Å². The van der Waals surface area contributed by atoms with Crippen molar-refractivity contribution in [1.82, 2.24) is 29.9 Å². The quantitative estimate of drug-likeness (QED) is 0.0415. The molecule has 0 radical (unpaired) electrons. The minimum atomic E-state index is -4.14. The lowest BCUT2D eigenvalue weighted by Crippen LogP contribution is -2.19. The molecule has 0 atom stereocenters. The average molecular weight is 733 g/mol. The van der Waals surface area contributed by atoms with Gasteiger partial charge < -0.3 is 31.9 Å². The molecule has 0 saturated carbocycles. The molecule has 0 fully saturated rings. The molecule has 0 amide bonds. The Morgan fingerprint density at radius 1 is 0.388 bits per heavy atom. The Labute approximate surface area is 291 Å². The maximum Gasteiger partial charge on any atom is 0.266 e. The van der Waals surface area contributed by atoms with Crippen molar-refractivity contribution in [3.63, 3.8) is 0 Å². The van der Waals surface area contributed by atoms with Crippen LogP contribution in [-0.4, -0.2) is 107 Å². The Morgan fingerprint density at radius 3 is 0.918 bits per heavy atom. The molecule has 18 nitrogen and oxygen atoms in total. The van der Waals surface area contributed by atoms with Crippen molar-refractivity contribution in [2.75, 3.05) is 82.7 Å². The van der Waals surface area contributed by atoms with Gasteiger partial charge in [0.05, 0.1) is 11.5 Å². The summed E-state index contributed by atoms with van der Waals surface area (Å²) in [6.07, 6.45) is 14.3. The van der Waals surface area contributed by atoms with Gasteiger partial charge in [-0.1, -0.05) is 78.1 Å². The van der Waals surface area contributed by atoms with Gasteiger partial charge in [-0.2, -0.15) is 46.7 Å². The summed E-state index contributed by atoms with van der Waals surface area (Å²) < 4.78 is 62.6. The van der Waals surface area contributed by atoms with Crippen LogP contribution in [0.5, 0.6) is 0 Å². The van der Waals surface area contributed by atoms with Gasteiger partial charge in [0.2, 0.25) is 35.7 Å². The van der Waals surface area contributed by atoms with Gasteiger partial charge in [-0.3, -0.25) is 9.11 Å². The van der Waals surface area contributed by atoms with Crippen molar-refractivity contribution < 1.29 is 25.9 Å². The lowest BCUT2D eigenvalue weighted by atomic mass is 10.1. The zero-order chi connectivity index (χ0) is 35.8. The van der Waals surface area contributed by atoms with Crippen LogP contribution in [0.4, 0.5) is 35.7 Å². The number of nitrogens with zero attached hydrogens (tertiary/aromatic N) is 6. The first kappa shape index (κ1) is 41.8. The van der Waals surface area contributed by atoms with Gasteiger partial charge in [-0.05, 0) is 19.3 Å². The second-order valence-electron chi connectivity index (χ2n) is 11.6. The molecule has 8 N–H and O–H groups in total. The molecular weight excluding hydrogens is 677 g/mol. The van der Waals surface area contributed by atoms with Crippen LogP contribution in [0.15, 0.2) is 0 Å². The highest BCUT2D eigenvalue weighted by atomic mass is 32.2. The number of hydrogen-bond acceptors (Lipinski definition) is 16. The van der Waals surface area contributed by atoms with E-state index in [1.54, 1.807) is 0 Å². The molecule has 49 heavy (non-hydrogen) atoms. The molecule has 0 bridgehead atoms. The topological polar surface area (TPSA) is 258 Å². The van der Waals surface area contributed by atoms with E-state index in [1.165, 1.54) is 51.4 Å². The molecule has 0 aliphatic heterocycles. The Morgan fingerprint density at radius 2 is 0.633 bits per heavy atom. The van der Waals surface area contributed by atoms with Gasteiger partial charge in [0.1, 0.15) is 0 Å². The Balaban J connectivity index is 1.94. The summed E-state index contributed by atoms with van der Waals surface area (Å²) in [5.41, 5.74) is 0. The standard InChI is InChI=1S/C29H56N12O6S2/c1-3-5-7-9-11-13-16-30-24-36-26(40-28(38-24)34-20-22-48(42,43)44)32-18-15-19-33-27-37-25(31-17-14-12-10-8-6-4-2)39-29(41-27)35-21-23-49(45,46)47/h3-23H2,1-2H3,(H,42,43,44)(H,45,46,47)(H3,30,32,34,36,38,40)(H3,31,33,35,37,39,41). The summed E-state index contributed by atoms with van der Waals surface area (Å²) in [5.74, 6) is 0.646. The van der Waals surface area contributed by atoms with Gasteiger partial charge in [0.25, 0.3) is 20.2 Å². The third kappa shape index (κ3) is 22.1. The van der Waals surface area contributed by atoms with Crippen LogP contribution < -0.4 is 31.9 Å². The number of nitrogens with one attached hydrogen (secondary N) is 6. The second kappa shape index (κ2) is 23.9. The molecule has 0 aliphatic rings. The van der Waals surface area contributed by atoms with E-state index in [9.17, 15) is 16.8 Å². The number of unbranched alkanes of at least 4 members (excludes halogenated alkanes) is 10. The molecule has 0 aromatic carbocycles. The smallest absolute Gasteiger partial charge is 0.266 e. The molecule has 0 saturated heterocycles. The van der Waals surface area contributed by atoms with E-state index in [2.05, 4.69) is 75.7 Å². The molecule has 2 rings (SSSR count). The lowest BCUT2D eigenvalue weighted by molar-refractivity contribution is 0.481. The SMILES string of the molecule is CCCCCCCCNc1nc(NCCCNc2nc(NCCCCCCCC)nc(NCCS(=O)(=O)O)n2)nc(NCCS(=O)(=O)O)n1.